The fourth-order valence-electron chi connectivity index (χ4n) is 0.887. The maximum absolute atomic E-state index is 8.97. The van der Waals surface area contributed by atoms with Crippen molar-refractivity contribution in [3.8, 4) is 0 Å². The summed E-state index contributed by atoms with van der Waals surface area (Å²) >= 11 is 0. The van der Waals surface area contributed by atoms with Crippen molar-refractivity contribution in [2.24, 2.45) is 5.73 Å². The van der Waals surface area contributed by atoms with Gasteiger partial charge in [-0.3, -0.25) is 0 Å². The van der Waals surface area contributed by atoms with Gasteiger partial charge in [-0.15, -0.1) is 0 Å². The molecule has 0 heterocycles. The SMILES string of the molecule is CC1(N)C=CC=C(O)C1. The molecule has 0 radical (unpaired) electrons. The molecule has 1 atom stereocenters. The highest BCUT2D eigenvalue weighted by molar-refractivity contribution is 5.21. The smallest absolute Gasteiger partial charge is 0.0944 e. The maximum atomic E-state index is 8.97. The standard InChI is InChI=1S/C7H11NO/c1-7(8)4-2-3-6(9)5-7/h2-4,9H,5,8H2,1H3. The Morgan fingerprint density at radius 2 is 2.44 bits per heavy atom. The summed E-state index contributed by atoms with van der Waals surface area (Å²) < 4.78 is 0. The number of allylic oxidation sites excluding steroid dienone is 2. The predicted octanol–water partition coefficient (Wildman–Crippen LogP) is 1.11. The van der Waals surface area contributed by atoms with Gasteiger partial charge in [-0.2, -0.15) is 0 Å². The Balaban J connectivity index is 2.73. The summed E-state index contributed by atoms with van der Waals surface area (Å²) in [4.78, 5) is 0. The van der Waals surface area contributed by atoms with Crippen LogP contribution in [-0.4, -0.2) is 10.6 Å². The van der Waals surface area contributed by atoms with E-state index in [0.29, 0.717) is 12.2 Å². The average molecular weight is 125 g/mol. The quantitative estimate of drug-likeness (QED) is 0.509. The zero-order valence-electron chi connectivity index (χ0n) is 5.46. The average Bonchev–Trinajstić information content (AvgIpc) is 1.60. The van der Waals surface area contributed by atoms with E-state index in [4.69, 9.17) is 10.8 Å². The van der Waals surface area contributed by atoms with Crippen LogP contribution in [0, 0.1) is 0 Å². The largest absolute Gasteiger partial charge is 0.512 e. The van der Waals surface area contributed by atoms with Gasteiger partial charge in [0.15, 0.2) is 0 Å². The maximum Gasteiger partial charge on any atom is 0.0944 e. The summed E-state index contributed by atoms with van der Waals surface area (Å²) in [5, 5.41) is 8.97. The molecule has 0 fully saturated rings. The summed E-state index contributed by atoms with van der Waals surface area (Å²) in [6, 6.07) is 0. The lowest BCUT2D eigenvalue weighted by Gasteiger charge is -2.21. The molecule has 0 aromatic heterocycles. The first-order valence-corrected chi connectivity index (χ1v) is 2.96. The second kappa shape index (κ2) is 1.88. The van der Waals surface area contributed by atoms with Crippen LogP contribution in [0.15, 0.2) is 24.0 Å². The minimum absolute atomic E-state index is 0.348. The van der Waals surface area contributed by atoms with Gasteiger partial charge in [-0.1, -0.05) is 12.2 Å². The van der Waals surface area contributed by atoms with E-state index in [0.717, 1.165) is 0 Å². The molecule has 0 aliphatic heterocycles. The molecule has 2 heteroatoms. The third-order valence-electron chi connectivity index (χ3n) is 1.33. The second-order valence-corrected chi connectivity index (χ2v) is 2.70. The van der Waals surface area contributed by atoms with E-state index < -0.39 is 0 Å². The van der Waals surface area contributed by atoms with Crippen molar-refractivity contribution in [1.29, 1.82) is 0 Å². The fourth-order valence-corrected chi connectivity index (χ4v) is 0.887. The first-order chi connectivity index (χ1) is 4.10. The van der Waals surface area contributed by atoms with E-state index >= 15 is 0 Å². The minimum atomic E-state index is -0.348. The molecule has 1 rings (SSSR count). The number of aliphatic hydroxyl groups excluding tert-OH is 1. The number of hydrogen-bond donors (Lipinski definition) is 2. The lowest BCUT2D eigenvalue weighted by molar-refractivity contribution is 0.354. The van der Waals surface area contributed by atoms with Gasteiger partial charge in [-0.25, -0.2) is 0 Å². The number of nitrogens with two attached hydrogens (primary N) is 1. The Labute approximate surface area is 54.7 Å². The summed E-state index contributed by atoms with van der Waals surface area (Å²) in [6.07, 6.45) is 5.86. The number of hydrogen-bond acceptors (Lipinski definition) is 2. The van der Waals surface area contributed by atoms with Gasteiger partial charge in [-0.05, 0) is 13.0 Å². The van der Waals surface area contributed by atoms with Crippen LogP contribution in [-0.2, 0) is 0 Å². The van der Waals surface area contributed by atoms with E-state index in [1.165, 1.54) is 0 Å². The van der Waals surface area contributed by atoms with Crippen LogP contribution in [0.1, 0.15) is 13.3 Å². The van der Waals surface area contributed by atoms with Crippen molar-refractivity contribution in [3.05, 3.63) is 24.0 Å². The highest BCUT2D eigenvalue weighted by Gasteiger charge is 2.17. The molecular formula is C7H11NO. The van der Waals surface area contributed by atoms with Gasteiger partial charge in [0.05, 0.1) is 5.76 Å². The molecule has 0 saturated heterocycles. The van der Waals surface area contributed by atoms with Gasteiger partial charge >= 0.3 is 0 Å². The van der Waals surface area contributed by atoms with Crippen molar-refractivity contribution >= 4 is 0 Å². The van der Waals surface area contributed by atoms with Crippen LogP contribution in [0.25, 0.3) is 0 Å². The van der Waals surface area contributed by atoms with Gasteiger partial charge < -0.3 is 10.8 Å². The molecule has 1 unspecified atom stereocenters. The molecule has 0 aromatic rings. The summed E-state index contributed by atoms with van der Waals surface area (Å²) in [5.41, 5.74) is 5.33. The van der Waals surface area contributed by atoms with E-state index in [-0.39, 0.29) is 5.54 Å². The van der Waals surface area contributed by atoms with Gasteiger partial charge in [0.2, 0.25) is 0 Å². The number of rotatable bonds is 0. The van der Waals surface area contributed by atoms with Crippen molar-refractivity contribution < 1.29 is 5.11 Å². The summed E-state index contributed by atoms with van der Waals surface area (Å²) in [7, 11) is 0. The summed E-state index contributed by atoms with van der Waals surface area (Å²) in [6.45, 7) is 1.88. The van der Waals surface area contributed by atoms with Crippen LogP contribution in [0.5, 0.6) is 0 Å². The first-order valence-electron chi connectivity index (χ1n) is 2.96. The van der Waals surface area contributed by atoms with Crippen molar-refractivity contribution in [1.82, 2.24) is 0 Å². The molecule has 0 amide bonds. The Morgan fingerprint density at radius 1 is 1.78 bits per heavy atom. The summed E-state index contributed by atoms with van der Waals surface area (Å²) in [5.74, 6) is 0.363. The Hall–Kier alpha value is -0.760. The third kappa shape index (κ3) is 1.57. The Bertz CT molecular complexity index is 168. The van der Waals surface area contributed by atoms with Crippen LogP contribution < -0.4 is 5.73 Å². The molecule has 0 bridgehead atoms. The topological polar surface area (TPSA) is 46.2 Å². The van der Waals surface area contributed by atoms with Crippen LogP contribution in [0.3, 0.4) is 0 Å². The second-order valence-electron chi connectivity index (χ2n) is 2.70. The predicted molar refractivity (Wildman–Crippen MR) is 37.1 cm³/mol. The van der Waals surface area contributed by atoms with Gasteiger partial charge in [0.25, 0.3) is 0 Å². The first kappa shape index (κ1) is 6.36. The highest BCUT2D eigenvalue weighted by Crippen LogP contribution is 2.17. The zero-order chi connectivity index (χ0) is 6.91. The minimum Gasteiger partial charge on any atom is -0.512 e. The molecule has 1 aliphatic rings. The van der Waals surface area contributed by atoms with Crippen molar-refractivity contribution in [2.45, 2.75) is 18.9 Å². The molecular weight excluding hydrogens is 114 g/mol. The van der Waals surface area contributed by atoms with Crippen molar-refractivity contribution in [3.63, 3.8) is 0 Å². The third-order valence-corrected chi connectivity index (χ3v) is 1.33. The molecule has 3 N–H and O–H groups in total. The van der Waals surface area contributed by atoms with Crippen LogP contribution in [0.2, 0.25) is 0 Å². The molecule has 1 aliphatic carbocycles. The highest BCUT2D eigenvalue weighted by atomic mass is 16.3. The lowest BCUT2D eigenvalue weighted by Crippen LogP contribution is -2.35. The Kier molecular flexibility index (Phi) is 1.33. The van der Waals surface area contributed by atoms with Crippen LogP contribution >= 0.6 is 0 Å². The van der Waals surface area contributed by atoms with Crippen molar-refractivity contribution in [2.75, 3.05) is 0 Å². The zero-order valence-corrected chi connectivity index (χ0v) is 5.46. The molecule has 0 aromatic carbocycles. The Morgan fingerprint density at radius 3 is 2.78 bits per heavy atom. The van der Waals surface area contributed by atoms with E-state index in [2.05, 4.69) is 0 Å². The monoisotopic (exact) mass is 125 g/mol. The normalized spacial score (nSPS) is 34.2. The molecule has 0 saturated carbocycles. The lowest BCUT2D eigenvalue weighted by atomic mass is 9.94. The van der Waals surface area contributed by atoms with Gasteiger partial charge in [0.1, 0.15) is 0 Å². The van der Waals surface area contributed by atoms with Gasteiger partial charge in [0, 0.05) is 12.0 Å². The van der Waals surface area contributed by atoms with E-state index in [1.807, 2.05) is 13.0 Å². The molecule has 0 spiro atoms. The van der Waals surface area contributed by atoms with E-state index in [1.54, 1.807) is 12.2 Å². The van der Waals surface area contributed by atoms with Crippen LogP contribution in [0.4, 0.5) is 0 Å². The molecule has 9 heavy (non-hydrogen) atoms. The number of aliphatic hydroxyl groups is 1. The van der Waals surface area contributed by atoms with E-state index in [9.17, 15) is 0 Å². The molecule has 50 valence electrons. The molecule has 2 nitrogen and oxygen atoms in total. The fraction of sp³-hybridized carbons (Fsp3) is 0.429.